The van der Waals surface area contributed by atoms with Crippen molar-refractivity contribution in [3.05, 3.63) is 23.0 Å². The summed E-state index contributed by atoms with van der Waals surface area (Å²) in [4.78, 5) is 0. The number of aromatic nitrogens is 1. The first-order valence-electron chi connectivity index (χ1n) is 4.30. The number of halogens is 1. The summed E-state index contributed by atoms with van der Waals surface area (Å²) in [6, 6.07) is 2.07. The van der Waals surface area contributed by atoms with E-state index in [0.29, 0.717) is 5.92 Å². The van der Waals surface area contributed by atoms with Crippen LogP contribution < -0.4 is 5.32 Å². The summed E-state index contributed by atoms with van der Waals surface area (Å²) in [7, 11) is 1.98. The second-order valence-corrected chi connectivity index (χ2v) is 3.78. The van der Waals surface area contributed by atoms with E-state index in [1.54, 1.807) is 0 Å². The Morgan fingerprint density at radius 2 is 2.50 bits per heavy atom. The molecular weight excluding hydrogens is 172 g/mol. The monoisotopic (exact) mass is 184 g/mol. The fraction of sp³-hybridized carbons (Fsp3) is 0.556. The molecule has 0 spiro atoms. The summed E-state index contributed by atoms with van der Waals surface area (Å²) in [5, 5.41) is 4.18. The molecule has 2 nitrogen and oxygen atoms in total. The molecule has 66 valence electrons. The molecule has 1 N–H and O–H groups in total. The van der Waals surface area contributed by atoms with Gasteiger partial charge in [-0.15, -0.1) is 0 Å². The Bertz CT molecular complexity index is 255. The van der Waals surface area contributed by atoms with E-state index in [9.17, 15) is 0 Å². The molecule has 2 rings (SSSR count). The minimum Gasteiger partial charge on any atom is -0.342 e. The van der Waals surface area contributed by atoms with E-state index >= 15 is 0 Å². The molecule has 1 aliphatic rings. The van der Waals surface area contributed by atoms with E-state index in [-0.39, 0.29) is 0 Å². The van der Waals surface area contributed by atoms with Gasteiger partial charge in [0.05, 0.1) is 0 Å². The fourth-order valence-corrected chi connectivity index (χ4v) is 1.90. The number of aryl methyl sites for hydroxylation is 1. The Hall–Kier alpha value is -0.470. The van der Waals surface area contributed by atoms with Crippen molar-refractivity contribution < 1.29 is 0 Å². The van der Waals surface area contributed by atoms with Crippen molar-refractivity contribution in [3.63, 3.8) is 0 Å². The highest BCUT2D eigenvalue weighted by Crippen LogP contribution is 2.25. The van der Waals surface area contributed by atoms with Gasteiger partial charge in [0.1, 0.15) is 5.15 Å². The Labute approximate surface area is 77.5 Å². The molecule has 1 aliphatic heterocycles. The molecule has 1 fully saturated rings. The maximum atomic E-state index is 5.95. The van der Waals surface area contributed by atoms with Gasteiger partial charge in [0.2, 0.25) is 0 Å². The lowest BCUT2D eigenvalue weighted by atomic mass is 10.0. The molecule has 1 aromatic heterocycles. The second kappa shape index (κ2) is 3.11. The third-order valence-corrected chi connectivity index (χ3v) is 2.87. The van der Waals surface area contributed by atoms with Crippen LogP contribution >= 0.6 is 11.6 Å². The van der Waals surface area contributed by atoms with Gasteiger partial charge >= 0.3 is 0 Å². The number of hydrogen-bond donors (Lipinski definition) is 1. The van der Waals surface area contributed by atoms with Crippen molar-refractivity contribution in [2.75, 3.05) is 13.1 Å². The van der Waals surface area contributed by atoms with E-state index < -0.39 is 0 Å². The van der Waals surface area contributed by atoms with Crippen LogP contribution in [0.25, 0.3) is 0 Å². The van der Waals surface area contributed by atoms with Crippen LogP contribution in [-0.2, 0) is 7.05 Å². The minimum atomic E-state index is 0.670. The molecule has 12 heavy (non-hydrogen) atoms. The first-order valence-corrected chi connectivity index (χ1v) is 4.67. The molecule has 0 amide bonds. The standard InChI is InChI=1S/C9H13ClN2/c1-12-6-8(4-9(12)10)7-2-3-11-5-7/h4,6-7,11H,2-3,5H2,1H3. The van der Waals surface area contributed by atoms with Gasteiger partial charge < -0.3 is 9.88 Å². The Kier molecular flexibility index (Phi) is 2.11. The van der Waals surface area contributed by atoms with Gasteiger partial charge in [-0.25, -0.2) is 0 Å². The molecule has 0 aliphatic carbocycles. The molecule has 0 bridgehead atoms. The highest BCUT2D eigenvalue weighted by molar-refractivity contribution is 6.29. The van der Waals surface area contributed by atoms with E-state index in [1.165, 1.54) is 12.0 Å². The number of hydrogen-bond acceptors (Lipinski definition) is 1. The summed E-state index contributed by atoms with van der Waals surface area (Å²) in [5.41, 5.74) is 1.37. The average molecular weight is 185 g/mol. The summed E-state index contributed by atoms with van der Waals surface area (Å²) in [6.07, 6.45) is 3.36. The molecule has 1 saturated heterocycles. The van der Waals surface area contributed by atoms with Crippen LogP contribution in [0.15, 0.2) is 12.3 Å². The maximum absolute atomic E-state index is 5.95. The van der Waals surface area contributed by atoms with Gasteiger partial charge in [-0.2, -0.15) is 0 Å². The molecule has 0 saturated carbocycles. The molecule has 1 unspecified atom stereocenters. The van der Waals surface area contributed by atoms with Crippen LogP contribution in [-0.4, -0.2) is 17.7 Å². The molecule has 0 aromatic carbocycles. The molecule has 3 heteroatoms. The molecular formula is C9H13ClN2. The first kappa shape index (κ1) is 8.14. The first-order chi connectivity index (χ1) is 5.77. The largest absolute Gasteiger partial charge is 0.342 e. The fourth-order valence-electron chi connectivity index (χ4n) is 1.72. The summed E-state index contributed by atoms with van der Waals surface area (Å²) >= 11 is 5.95. The third kappa shape index (κ3) is 1.37. The van der Waals surface area contributed by atoms with E-state index in [1.807, 2.05) is 11.6 Å². The van der Waals surface area contributed by atoms with Crippen molar-refractivity contribution in [1.29, 1.82) is 0 Å². The molecule has 1 aromatic rings. The van der Waals surface area contributed by atoms with Crippen molar-refractivity contribution in [1.82, 2.24) is 9.88 Å². The molecule has 0 radical (unpaired) electrons. The van der Waals surface area contributed by atoms with Crippen LogP contribution in [0.2, 0.25) is 5.15 Å². The highest BCUT2D eigenvalue weighted by atomic mass is 35.5. The Morgan fingerprint density at radius 1 is 1.67 bits per heavy atom. The Morgan fingerprint density at radius 3 is 3.00 bits per heavy atom. The van der Waals surface area contributed by atoms with Gasteiger partial charge in [-0.1, -0.05) is 11.6 Å². The van der Waals surface area contributed by atoms with E-state index in [2.05, 4.69) is 17.6 Å². The topological polar surface area (TPSA) is 17.0 Å². The summed E-state index contributed by atoms with van der Waals surface area (Å²) in [5.74, 6) is 0.670. The van der Waals surface area contributed by atoms with Gasteiger partial charge in [0.25, 0.3) is 0 Å². The third-order valence-electron chi connectivity index (χ3n) is 2.50. The molecule has 2 heterocycles. The average Bonchev–Trinajstić information content (AvgIpc) is 2.61. The predicted octanol–water partition coefficient (Wildman–Crippen LogP) is 1.76. The zero-order valence-corrected chi connectivity index (χ0v) is 7.93. The van der Waals surface area contributed by atoms with Crippen molar-refractivity contribution in [2.45, 2.75) is 12.3 Å². The van der Waals surface area contributed by atoms with Crippen LogP contribution in [0, 0.1) is 0 Å². The van der Waals surface area contributed by atoms with Crippen LogP contribution in [0.4, 0.5) is 0 Å². The second-order valence-electron chi connectivity index (χ2n) is 3.40. The zero-order valence-electron chi connectivity index (χ0n) is 7.18. The Balaban J connectivity index is 2.21. The van der Waals surface area contributed by atoms with Gasteiger partial charge in [-0.05, 0) is 30.5 Å². The SMILES string of the molecule is Cn1cc(C2CCNC2)cc1Cl. The lowest BCUT2D eigenvalue weighted by molar-refractivity contribution is 0.759. The lowest BCUT2D eigenvalue weighted by Crippen LogP contribution is -2.07. The summed E-state index contributed by atoms with van der Waals surface area (Å²) in [6.45, 7) is 2.23. The number of rotatable bonds is 1. The lowest BCUT2D eigenvalue weighted by Gasteiger charge is -2.03. The zero-order chi connectivity index (χ0) is 8.55. The normalized spacial score (nSPS) is 23.3. The van der Waals surface area contributed by atoms with Crippen molar-refractivity contribution in [3.8, 4) is 0 Å². The molecule has 1 atom stereocenters. The van der Waals surface area contributed by atoms with Gasteiger partial charge in [0, 0.05) is 19.8 Å². The summed E-state index contributed by atoms with van der Waals surface area (Å²) < 4.78 is 1.97. The van der Waals surface area contributed by atoms with Crippen LogP contribution in [0.1, 0.15) is 17.9 Å². The van der Waals surface area contributed by atoms with Gasteiger partial charge in [-0.3, -0.25) is 0 Å². The van der Waals surface area contributed by atoms with Crippen LogP contribution in [0.5, 0.6) is 0 Å². The maximum Gasteiger partial charge on any atom is 0.108 e. The number of nitrogens with zero attached hydrogens (tertiary/aromatic N) is 1. The minimum absolute atomic E-state index is 0.670. The predicted molar refractivity (Wildman–Crippen MR) is 50.7 cm³/mol. The van der Waals surface area contributed by atoms with E-state index in [4.69, 9.17) is 11.6 Å². The van der Waals surface area contributed by atoms with Crippen LogP contribution in [0.3, 0.4) is 0 Å². The quantitative estimate of drug-likeness (QED) is 0.704. The van der Waals surface area contributed by atoms with Gasteiger partial charge in [0.15, 0.2) is 0 Å². The highest BCUT2D eigenvalue weighted by Gasteiger charge is 2.17. The van der Waals surface area contributed by atoms with Crippen molar-refractivity contribution in [2.24, 2.45) is 7.05 Å². The number of nitrogens with one attached hydrogen (secondary N) is 1. The smallest absolute Gasteiger partial charge is 0.108 e. The van der Waals surface area contributed by atoms with E-state index in [0.717, 1.165) is 18.2 Å². The van der Waals surface area contributed by atoms with Crippen molar-refractivity contribution >= 4 is 11.6 Å².